The molecule has 9 atom stereocenters. The fourth-order valence-electron chi connectivity index (χ4n) is 7.47. The van der Waals surface area contributed by atoms with Crippen LogP contribution in [0.3, 0.4) is 0 Å². The van der Waals surface area contributed by atoms with Crippen LogP contribution in [0.25, 0.3) is 0 Å². The van der Waals surface area contributed by atoms with Crippen molar-refractivity contribution in [2.75, 3.05) is 0 Å². The first-order chi connectivity index (χ1) is 14.3. The minimum Gasteiger partial charge on any atom is -0.478 e. The van der Waals surface area contributed by atoms with E-state index in [1.165, 1.54) is 19.1 Å². The molecule has 0 spiro atoms. The highest BCUT2D eigenvalue weighted by Crippen LogP contribution is 2.71. The van der Waals surface area contributed by atoms with Crippen molar-refractivity contribution in [3.8, 4) is 0 Å². The molecule has 0 unspecified atom stereocenters. The molecule has 0 amide bonds. The zero-order valence-corrected chi connectivity index (χ0v) is 18.0. The Balaban J connectivity index is 1.89. The number of carbonyl (C=O) groups is 3. The van der Waals surface area contributed by atoms with Gasteiger partial charge in [0.1, 0.15) is 6.17 Å². The van der Waals surface area contributed by atoms with Crippen LogP contribution in [0.2, 0.25) is 0 Å². The summed E-state index contributed by atoms with van der Waals surface area (Å²) in [6, 6.07) is 0. The van der Waals surface area contributed by atoms with Gasteiger partial charge in [0.15, 0.2) is 11.5 Å². The smallest absolute Gasteiger partial charge is 0.349 e. The number of aliphatic hydroxyl groups is 1. The molecule has 0 bridgehead atoms. The van der Waals surface area contributed by atoms with E-state index >= 15 is 8.78 Å². The molecule has 0 aromatic heterocycles. The Bertz CT molecular complexity index is 929. The molecule has 0 radical (unpaired) electrons. The second-order valence-corrected chi connectivity index (χ2v) is 10.1. The van der Waals surface area contributed by atoms with Crippen molar-refractivity contribution in [3.63, 3.8) is 0 Å². The molecule has 8 heteroatoms. The van der Waals surface area contributed by atoms with Gasteiger partial charge >= 0.3 is 11.9 Å². The number of fused-ring (bicyclic) bond motifs is 5. The molecule has 170 valence electrons. The minimum absolute atomic E-state index is 0.0110. The first-order valence-electron chi connectivity index (χ1n) is 10.6. The van der Waals surface area contributed by atoms with Gasteiger partial charge in [0.05, 0.1) is 6.10 Å². The monoisotopic (exact) mass is 438 g/mol. The SMILES string of the molecule is CC(=O)O[C@@]1(C(=O)O)[C@H](C)C[C@@H]2[C@H]3C[C@H](F)C4=CC(=O)C=C[C@]4(C)[C@]3(F)[C@@H](O)C[C@]21C. The van der Waals surface area contributed by atoms with E-state index in [9.17, 15) is 24.6 Å². The van der Waals surface area contributed by atoms with Crippen molar-refractivity contribution in [2.24, 2.45) is 28.6 Å². The summed E-state index contributed by atoms with van der Waals surface area (Å²) in [5.74, 6) is -4.88. The van der Waals surface area contributed by atoms with Crippen LogP contribution in [0.5, 0.6) is 0 Å². The Hall–Kier alpha value is -2.09. The number of carbonyl (C=O) groups excluding carboxylic acids is 2. The maximum Gasteiger partial charge on any atom is 0.349 e. The molecule has 2 N–H and O–H groups in total. The topological polar surface area (TPSA) is 101 Å². The fraction of sp³-hybridized carbons (Fsp3) is 0.696. The normalized spacial score (nSPS) is 50.7. The molecule has 0 aromatic carbocycles. The van der Waals surface area contributed by atoms with Crippen LogP contribution >= 0.6 is 0 Å². The van der Waals surface area contributed by atoms with Crippen LogP contribution in [0.1, 0.15) is 47.0 Å². The minimum atomic E-state index is -2.30. The molecule has 3 saturated carbocycles. The number of allylic oxidation sites excluding steroid dienone is 4. The van der Waals surface area contributed by atoms with Crippen molar-refractivity contribution in [1.29, 1.82) is 0 Å². The van der Waals surface area contributed by atoms with Gasteiger partial charge < -0.3 is 14.9 Å². The standard InChI is InChI=1S/C23H28F2O6/c1-11-7-14-15-9-17(24)16-8-13(27)5-6-20(16,3)22(15,25)18(28)10-21(14,4)23(11,19(29)30)31-12(2)26/h5-6,8,11,14-15,17-18,28H,7,9-10H2,1-4H3,(H,29,30)/t11-,14-,15-,17+,18+,20+,21-,22-,23-/m1/s1. The molecule has 4 aliphatic rings. The van der Waals surface area contributed by atoms with Gasteiger partial charge in [-0.1, -0.05) is 19.9 Å². The van der Waals surface area contributed by atoms with Gasteiger partial charge in [-0.05, 0) is 49.8 Å². The summed E-state index contributed by atoms with van der Waals surface area (Å²) < 4.78 is 37.8. The van der Waals surface area contributed by atoms with E-state index in [1.54, 1.807) is 13.8 Å². The Kier molecular flexibility index (Phi) is 4.61. The number of alkyl halides is 2. The fourth-order valence-corrected chi connectivity index (χ4v) is 7.47. The number of carboxylic acid groups (broad SMARTS) is 1. The summed E-state index contributed by atoms with van der Waals surface area (Å²) in [6.07, 6.45) is 0.0600. The number of halogens is 2. The average Bonchev–Trinajstić information content (AvgIpc) is 2.87. The van der Waals surface area contributed by atoms with Crippen molar-refractivity contribution in [3.05, 3.63) is 23.8 Å². The quantitative estimate of drug-likeness (QED) is 0.643. The summed E-state index contributed by atoms with van der Waals surface area (Å²) in [4.78, 5) is 36.2. The summed E-state index contributed by atoms with van der Waals surface area (Å²) in [5, 5.41) is 21.4. The van der Waals surface area contributed by atoms with Crippen molar-refractivity contribution >= 4 is 17.7 Å². The lowest BCUT2D eigenvalue weighted by Gasteiger charge is -2.62. The highest BCUT2D eigenvalue weighted by atomic mass is 19.1. The zero-order valence-electron chi connectivity index (χ0n) is 18.0. The molecule has 3 fully saturated rings. The molecule has 4 rings (SSSR count). The van der Waals surface area contributed by atoms with Gasteiger partial charge in [0.25, 0.3) is 0 Å². The Morgan fingerprint density at radius 2 is 1.87 bits per heavy atom. The number of ether oxygens (including phenoxy) is 1. The number of rotatable bonds is 2. The first-order valence-corrected chi connectivity index (χ1v) is 10.6. The summed E-state index contributed by atoms with van der Waals surface area (Å²) >= 11 is 0. The molecule has 0 aliphatic heterocycles. The maximum absolute atomic E-state index is 17.0. The predicted molar refractivity (Wildman–Crippen MR) is 105 cm³/mol. The van der Waals surface area contributed by atoms with E-state index in [0.717, 1.165) is 13.0 Å². The van der Waals surface area contributed by atoms with Crippen molar-refractivity contribution < 1.29 is 38.1 Å². The van der Waals surface area contributed by atoms with Crippen LogP contribution in [0.15, 0.2) is 23.8 Å². The lowest BCUT2D eigenvalue weighted by molar-refractivity contribution is -0.236. The molecular formula is C23H28F2O6. The lowest BCUT2D eigenvalue weighted by atomic mass is 9.44. The highest BCUT2D eigenvalue weighted by Gasteiger charge is 2.78. The lowest BCUT2D eigenvalue weighted by Crippen LogP contribution is -2.70. The molecule has 31 heavy (non-hydrogen) atoms. The molecule has 6 nitrogen and oxygen atoms in total. The van der Waals surface area contributed by atoms with Gasteiger partial charge in [-0.25, -0.2) is 13.6 Å². The number of hydrogen-bond donors (Lipinski definition) is 2. The number of carboxylic acids is 1. The van der Waals surface area contributed by atoms with Crippen LogP contribution in [0.4, 0.5) is 8.78 Å². The summed E-state index contributed by atoms with van der Waals surface area (Å²) in [5.41, 5.74) is -7.07. The van der Waals surface area contributed by atoms with Gasteiger partial charge in [-0.3, -0.25) is 9.59 Å². The Morgan fingerprint density at radius 3 is 2.45 bits per heavy atom. The van der Waals surface area contributed by atoms with Crippen LogP contribution < -0.4 is 0 Å². The van der Waals surface area contributed by atoms with Gasteiger partial charge in [-0.15, -0.1) is 0 Å². The number of hydrogen-bond acceptors (Lipinski definition) is 5. The number of aliphatic hydroxyl groups excluding tert-OH is 1. The third kappa shape index (κ3) is 2.42. The van der Waals surface area contributed by atoms with Gasteiger partial charge in [-0.2, -0.15) is 0 Å². The number of ketones is 1. The van der Waals surface area contributed by atoms with Crippen molar-refractivity contribution in [2.45, 2.75) is 70.5 Å². The van der Waals surface area contributed by atoms with Crippen molar-refractivity contribution in [1.82, 2.24) is 0 Å². The highest BCUT2D eigenvalue weighted by molar-refractivity contribution is 6.01. The first kappa shape index (κ1) is 22.1. The van der Waals surface area contributed by atoms with E-state index in [4.69, 9.17) is 4.74 Å². The van der Waals surface area contributed by atoms with Gasteiger partial charge in [0, 0.05) is 29.6 Å². The average molecular weight is 438 g/mol. The third-order valence-electron chi connectivity index (χ3n) is 8.79. The molecule has 0 saturated heterocycles. The maximum atomic E-state index is 17.0. The third-order valence-corrected chi connectivity index (χ3v) is 8.79. The summed E-state index contributed by atoms with van der Waals surface area (Å²) in [6.45, 7) is 5.84. The molecule has 0 heterocycles. The molecule has 4 aliphatic carbocycles. The molecule has 0 aromatic rings. The van der Waals surface area contributed by atoms with Crippen LogP contribution in [-0.4, -0.2) is 51.5 Å². The summed E-state index contributed by atoms with van der Waals surface area (Å²) in [7, 11) is 0. The van der Waals surface area contributed by atoms with E-state index < -0.39 is 69.9 Å². The van der Waals surface area contributed by atoms with E-state index in [1.807, 2.05) is 0 Å². The second-order valence-electron chi connectivity index (χ2n) is 10.1. The van der Waals surface area contributed by atoms with E-state index in [2.05, 4.69) is 0 Å². The predicted octanol–water partition coefficient (Wildman–Crippen LogP) is 2.94. The zero-order chi connectivity index (χ0) is 23.1. The number of esters is 1. The van der Waals surface area contributed by atoms with E-state index in [0.29, 0.717) is 0 Å². The van der Waals surface area contributed by atoms with Gasteiger partial charge in [0.2, 0.25) is 5.60 Å². The Morgan fingerprint density at radius 1 is 1.23 bits per heavy atom. The van der Waals surface area contributed by atoms with E-state index in [-0.39, 0.29) is 24.8 Å². The van der Waals surface area contributed by atoms with Crippen LogP contribution in [0, 0.1) is 28.6 Å². The molecular weight excluding hydrogens is 410 g/mol. The largest absolute Gasteiger partial charge is 0.478 e. The number of aliphatic carboxylic acids is 1. The Labute approximate surface area is 179 Å². The van der Waals surface area contributed by atoms with Crippen LogP contribution in [-0.2, 0) is 19.1 Å². The second kappa shape index (κ2) is 6.47.